The summed E-state index contributed by atoms with van der Waals surface area (Å²) in [4.78, 5) is 11.9. The molecule has 3 rings (SSSR count). The normalized spacial score (nSPS) is 12.3. The van der Waals surface area contributed by atoms with E-state index in [-0.39, 0.29) is 11.7 Å². The molecule has 4 nitrogen and oxygen atoms in total. The van der Waals surface area contributed by atoms with Gasteiger partial charge in [-0.3, -0.25) is 0 Å². The lowest BCUT2D eigenvalue weighted by Crippen LogP contribution is -2.19. The minimum atomic E-state index is -0.317. The van der Waals surface area contributed by atoms with Gasteiger partial charge in [-0.05, 0) is 64.2 Å². The van der Waals surface area contributed by atoms with Gasteiger partial charge >= 0.3 is 5.63 Å². The summed E-state index contributed by atoms with van der Waals surface area (Å²) in [6, 6.07) is 13.8. The van der Waals surface area contributed by atoms with E-state index in [1.165, 1.54) is 0 Å². The van der Waals surface area contributed by atoms with Crippen LogP contribution in [0, 0.1) is 0 Å². The fraction of sp³-hybridized carbons (Fsp3) is 0.286. The Balaban J connectivity index is 1.83. The summed E-state index contributed by atoms with van der Waals surface area (Å²) in [6.45, 7) is 4.76. The van der Waals surface area contributed by atoms with Crippen molar-refractivity contribution < 1.29 is 9.15 Å². The highest BCUT2D eigenvalue weighted by Gasteiger charge is 2.11. The van der Waals surface area contributed by atoms with Crippen molar-refractivity contribution in [3.63, 3.8) is 0 Å². The fourth-order valence-electron chi connectivity index (χ4n) is 2.97. The highest BCUT2D eigenvalue weighted by atomic mass is 79.9. The average Bonchev–Trinajstić information content (AvgIpc) is 2.64. The average molecular weight is 416 g/mol. The first-order valence-corrected chi connectivity index (χ1v) is 9.43. The maximum Gasteiger partial charge on any atom is 0.336 e. The summed E-state index contributed by atoms with van der Waals surface area (Å²) in [5.74, 6) is 0.805. The van der Waals surface area contributed by atoms with Gasteiger partial charge in [0.1, 0.15) is 11.3 Å². The van der Waals surface area contributed by atoms with E-state index in [0.29, 0.717) is 12.1 Å². The fourth-order valence-corrected chi connectivity index (χ4v) is 3.53. The minimum Gasteiger partial charge on any atom is -0.496 e. The van der Waals surface area contributed by atoms with Crippen molar-refractivity contribution in [3.8, 4) is 5.75 Å². The van der Waals surface area contributed by atoms with Crippen molar-refractivity contribution >= 4 is 26.9 Å². The van der Waals surface area contributed by atoms with Gasteiger partial charge in [0.25, 0.3) is 0 Å². The molecule has 0 saturated carbocycles. The monoisotopic (exact) mass is 415 g/mol. The topological polar surface area (TPSA) is 51.5 Å². The van der Waals surface area contributed by atoms with E-state index in [2.05, 4.69) is 41.2 Å². The molecule has 0 aliphatic rings. The summed E-state index contributed by atoms with van der Waals surface area (Å²) in [7, 11) is 1.65. The summed E-state index contributed by atoms with van der Waals surface area (Å²) >= 11 is 3.52. The summed E-state index contributed by atoms with van der Waals surface area (Å²) in [5.41, 5.74) is 3.56. The summed E-state index contributed by atoms with van der Waals surface area (Å²) < 4.78 is 11.6. The van der Waals surface area contributed by atoms with Crippen LogP contribution in [0.2, 0.25) is 0 Å². The smallest absolute Gasteiger partial charge is 0.336 e. The number of nitrogens with one attached hydrogen (secondary N) is 1. The molecule has 0 aliphatic heterocycles. The molecule has 0 unspecified atom stereocenters. The van der Waals surface area contributed by atoms with Crippen LogP contribution in [0.1, 0.15) is 36.6 Å². The molecule has 1 aromatic heterocycles. The van der Waals surface area contributed by atoms with Gasteiger partial charge < -0.3 is 14.5 Å². The first kappa shape index (κ1) is 18.7. The van der Waals surface area contributed by atoms with Crippen LogP contribution < -0.4 is 15.7 Å². The summed E-state index contributed by atoms with van der Waals surface area (Å²) in [5, 5.41) is 4.46. The standard InChI is InChI=1S/C21H22BrNO3/c1-4-14-5-7-17-16(11-21(24)26-20(17)9-14)12-23-13(2)15-6-8-19(25-3)18(22)10-15/h5-11,13,23H,4,12H2,1-3H3/t13-/m1/s1. The maximum atomic E-state index is 11.9. The Morgan fingerprint density at radius 3 is 2.69 bits per heavy atom. The Labute approximate surface area is 161 Å². The number of aryl methyl sites for hydroxylation is 1. The number of hydrogen-bond donors (Lipinski definition) is 1. The predicted molar refractivity (Wildman–Crippen MR) is 108 cm³/mol. The highest BCUT2D eigenvalue weighted by Crippen LogP contribution is 2.28. The number of methoxy groups -OCH3 is 1. The molecule has 0 fully saturated rings. The molecule has 0 bridgehead atoms. The first-order valence-electron chi connectivity index (χ1n) is 8.64. The molecule has 5 heteroatoms. The number of rotatable bonds is 6. The zero-order chi connectivity index (χ0) is 18.7. The van der Waals surface area contributed by atoms with Gasteiger partial charge in [-0.1, -0.05) is 25.1 Å². The van der Waals surface area contributed by atoms with Gasteiger partial charge in [0.2, 0.25) is 0 Å². The predicted octanol–water partition coefficient (Wildman–Crippen LogP) is 4.98. The second-order valence-corrected chi connectivity index (χ2v) is 7.13. The van der Waals surface area contributed by atoms with Crippen LogP contribution in [-0.2, 0) is 13.0 Å². The number of fused-ring (bicyclic) bond motifs is 1. The molecular formula is C21H22BrNO3. The van der Waals surface area contributed by atoms with Crippen LogP contribution in [0.3, 0.4) is 0 Å². The molecule has 0 amide bonds. The lowest BCUT2D eigenvalue weighted by atomic mass is 10.0. The highest BCUT2D eigenvalue weighted by molar-refractivity contribution is 9.10. The Kier molecular flexibility index (Phi) is 5.79. The third kappa shape index (κ3) is 4.00. The molecule has 0 spiro atoms. The molecule has 26 heavy (non-hydrogen) atoms. The van der Waals surface area contributed by atoms with Gasteiger partial charge in [-0.25, -0.2) is 4.79 Å². The van der Waals surface area contributed by atoms with Crippen molar-refractivity contribution in [1.29, 1.82) is 0 Å². The van der Waals surface area contributed by atoms with Gasteiger partial charge in [-0.15, -0.1) is 0 Å². The number of hydrogen-bond acceptors (Lipinski definition) is 4. The van der Waals surface area contributed by atoms with E-state index in [0.717, 1.165) is 38.7 Å². The third-order valence-corrected chi connectivity index (χ3v) is 5.20. The van der Waals surface area contributed by atoms with E-state index < -0.39 is 0 Å². The maximum absolute atomic E-state index is 11.9. The van der Waals surface area contributed by atoms with E-state index in [4.69, 9.17) is 9.15 Å². The molecule has 3 aromatic rings. The van der Waals surface area contributed by atoms with Crippen LogP contribution in [0.5, 0.6) is 5.75 Å². The lowest BCUT2D eigenvalue weighted by molar-refractivity contribution is 0.411. The van der Waals surface area contributed by atoms with Crippen LogP contribution in [-0.4, -0.2) is 7.11 Å². The van der Waals surface area contributed by atoms with Crippen LogP contribution >= 0.6 is 15.9 Å². The van der Waals surface area contributed by atoms with Crippen LogP contribution in [0.15, 0.2) is 56.1 Å². The number of ether oxygens (including phenoxy) is 1. The Morgan fingerprint density at radius 1 is 1.19 bits per heavy atom. The Morgan fingerprint density at radius 2 is 2.00 bits per heavy atom. The largest absolute Gasteiger partial charge is 0.496 e. The molecule has 0 aliphatic carbocycles. The zero-order valence-electron chi connectivity index (χ0n) is 15.1. The third-order valence-electron chi connectivity index (χ3n) is 4.58. The van der Waals surface area contributed by atoms with Crippen molar-refractivity contribution in [2.45, 2.75) is 32.9 Å². The van der Waals surface area contributed by atoms with E-state index >= 15 is 0 Å². The van der Waals surface area contributed by atoms with Crippen molar-refractivity contribution in [1.82, 2.24) is 5.32 Å². The van der Waals surface area contributed by atoms with E-state index in [1.807, 2.05) is 30.3 Å². The van der Waals surface area contributed by atoms with E-state index in [1.54, 1.807) is 13.2 Å². The quantitative estimate of drug-likeness (QED) is 0.576. The second-order valence-electron chi connectivity index (χ2n) is 6.27. The van der Waals surface area contributed by atoms with Crippen LogP contribution in [0.25, 0.3) is 11.0 Å². The molecule has 0 radical (unpaired) electrons. The molecule has 1 N–H and O–H groups in total. The Bertz CT molecular complexity index is 981. The summed E-state index contributed by atoms with van der Waals surface area (Å²) in [6.07, 6.45) is 0.908. The van der Waals surface area contributed by atoms with Gasteiger partial charge in [0, 0.05) is 24.0 Å². The van der Waals surface area contributed by atoms with Crippen molar-refractivity contribution in [2.75, 3.05) is 7.11 Å². The first-order chi connectivity index (χ1) is 12.5. The molecule has 0 saturated heterocycles. The van der Waals surface area contributed by atoms with E-state index in [9.17, 15) is 4.79 Å². The molecule has 1 heterocycles. The SMILES string of the molecule is CCc1ccc2c(CN[C@H](C)c3ccc(OC)c(Br)c3)cc(=O)oc2c1. The van der Waals surface area contributed by atoms with Crippen molar-refractivity contribution in [3.05, 3.63) is 74.0 Å². The zero-order valence-corrected chi connectivity index (χ0v) is 16.7. The second kappa shape index (κ2) is 8.06. The van der Waals surface area contributed by atoms with Gasteiger partial charge in [0.05, 0.1) is 11.6 Å². The number of benzene rings is 2. The molecule has 136 valence electrons. The molecule has 2 aromatic carbocycles. The molecular weight excluding hydrogens is 394 g/mol. The Hall–Kier alpha value is -2.11. The van der Waals surface area contributed by atoms with Crippen molar-refractivity contribution in [2.24, 2.45) is 0 Å². The van der Waals surface area contributed by atoms with Gasteiger partial charge in [0.15, 0.2) is 0 Å². The van der Waals surface area contributed by atoms with Crippen LogP contribution in [0.4, 0.5) is 0 Å². The molecule has 1 atom stereocenters. The van der Waals surface area contributed by atoms with Gasteiger partial charge in [-0.2, -0.15) is 0 Å². The lowest BCUT2D eigenvalue weighted by Gasteiger charge is -2.16. The minimum absolute atomic E-state index is 0.120. The number of halogens is 1.